The largest absolute Gasteiger partial charge is 0.484 e. The van der Waals surface area contributed by atoms with E-state index in [1.807, 2.05) is 0 Å². The van der Waals surface area contributed by atoms with Crippen molar-refractivity contribution in [3.8, 4) is 5.75 Å². The van der Waals surface area contributed by atoms with Gasteiger partial charge < -0.3 is 10.1 Å². The molecule has 0 saturated carbocycles. The van der Waals surface area contributed by atoms with Crippen molar-refractivity contribution in [2.24, 2.45) is 0 Å². The molecule has 0 unspecified atom stereocenters. The number of hydrogen-bond donors (Lipinski definition) is 1. The van der Waals surface area contributed by atoms with Crippen LogP contribution in [-0.4, -0.2) is 38.5 Å². The Morgan fingerprint density at radius 2 is 1.69 bits per heavy atom. The molecule has 0 atom stereocenters. The highest BCUT2D eigenvalue weighted by molar-refractivity contribution is 7.88. The van der Waals surface area contributed by atoms with E-state index in [9.17, 15) is 13.2 Å². The van der Waals surface area contributed by atoms with E-state index >= 15 is 0 Å². The number of halogens is 2. The van der Waals surface area contributed by atoms with Crippen LogP contribution in [0.3, 0.4) is 0 Å². The minimum atomic E-state index is -3.24. The van der Waals surface area contributed by atoms with E-state index in [1.54, 1.807) is 42.5 Å². The predicted octanol–water partition coefficient (Wildman–Crippen LogP) is 3.40. The maximum atomic E-state index is 11.9. The van der Waals surface area contributed by atoms with Crippen molar-refractivity contribution in [2.45, 2.75) is 6.54 Å². The molecule has 0 fully saturated rings. The maximum absolute atomic E-state index is 11.9. The number of nitrogens with zero attached hydrogens (tertiary/aromatic N) is 1. The molecule has 0 saturated heterocycles. The summed E-state index contributed by atoms with van der Waals surface area (Å²) >= 11 is 11.8. The van der Waals surface area contributed by atoms with Crippen molar-refractivity contribution >= 4 is 44.8 Å². The summed E-state index contributed by atoms with van der Waals surface area (Å²) in [7, 11) is -1.73. The monoisotopic (exact) mass is 416 g/mol. The van der Waals surface area contributed by atoms with Crippen LogP contribution in [0.15, 0.2) is 42.5 Å². The molecule has 1 N–H and O–H groups in total. The number of sulfonamides is 1. The third-order valence-corrected chi connectivity index (χ3v) is 5.11. The first-order chi connectivity index (χ1) is 12.1. The second-order valence-electron chi connectivity index (χ2n) is 5.66. The van der Waals surface area contributed by atoms with Gasteiger partial charge in [0, 0.05) is 29.3 Å². The van der Waals surface area contributed by atoms with Crippen LogP contribution in [0.4, 0.5) is 5.69 Å². The number of benzene rings is 2. The van der Waals surface area contributed by atoms with Gasteiger partial charge in [0.15, 0.2) is 6.61 Å². The molecule has 2 rings (SSSR count). The quantitative estimate of drug-likeness (QED) is 0.749. The van der Waals surface area contributed by atoms with Crippen molar-refractivity contribution in [1.29, 1.82) is 0 Å². The highest BCUT2D eigenvalue weighted by Gasteiger charge is 2.11. The molecule has 0 aliphatic rings. The van der Waals surface area contributed by atoms with Crippen LogP contribution in [-0.2, 0) is 21.4 Å². The van der Waals surface area contributed by atoms with Gasteiger partial charge in [0.1, 0.15) is 5.75 Å². The summed E-state index contributed by atoms with van der Waals surface area (Å²) in [6.45, 7) is 0.0713. The Kier molecular flexibility index (Phi) is 6.88. The van der Waals surface area contributed by atoms with E-state index in [1.165, 1.54) is 11.4 Å². The van der Waals surface area contributed by atoms with Gasteiger partial charge in [-0.15, -0.1) is 0 Å². The minimum Gasteiger partial charge on any atom is -0.484 e. The number of anilines is 1. The van der Waals surface area contributed by atoms with Gasteiger partial charge in [0.05, 0.1) is 6.26 Å². The van der Waals surface area contributed by atoms with Crippen LogP contribution >= 0.6 is 23.2 Å². The number of carbonyl (C=O) groups excluding carboxylic acids is 1. The molecule has 0 bridgehead atoms. The van der Waals surface area contributed by atoms with Gasteiger partial charge in [0.25, 0.3) is 5.91 Å². The van der Waals surface area contributed by atoms with Gasteiger partial charge in [-0.2, -0.15) is 0 Å². The first-order valence-corrected chi connectivity index (χ1v) is 10.1. The van der Waals surface area contributed by atoms with Crippen molar-refractivity contribution in [2.75, 3.05) is 25.2 Å². The summed E-state index contributed by atoms with van der Waals surface area (Å²) in [5, 5.41) is 3.48. The Labute approximate surface area is 162 Å². The summed E-state index contributed by atoms with van der Waals surface area (Å²) in [4.78, 5) is 11.9. The Morgan fingerprint density at radius 1 is 1.12 bits per heavy atom. The van der Waals surface area contributed by atoms with Gasteiger partial charge in [-0.3, -0.25) is 4.79 Å². The molecular weight excluding hydrogens is 399 g/mol. The van der Waals surface area contributed by atoms with E-state index < -0.39 is 10.0 Å². The molecule has 6 nitrogen and oxygen atoms in total. The SMILES string of the molecule is CN(Cc1ccc(OCC(=O)Nc2cc(Cl)cc(Cl)c2)cc1)S(C)(=O)=O. The molecule has 0 aliphatic heterocycles. The molecule has 140 valence electrons. The molecule has 0 spiro atoms. The summed E-state index contributed by atoms with van der Waals surface area (Å²) in [6, 6.07) is 11.6. The standard InChI is InChI=1S/C17H18Cl2N2O4S/c1-21(26(2,23)24)10-12-3-5-16(6-4-12)25-11-17(22)20-15-8-13(18)7-14(19)9-15/h3-9H,10-11H2,1-2H3,(H,20,22). The van der Waals surface area contributed by atoms with Gasteiger partial charge in [-0.25, -0.2) is 12.7 Å². The predicted molar refractivity (Wildman–Crippen MR) is 103 cm³/mol. The van der Waals surface area contributed by atoms with E-state index in [-0.39, 0.29) is 19.1 Å². The number of ether oxygens (including phenoxy) is 1. The molecule has 2 aromatic rings. The Balaban J connectivity index is 1.88. The Morgan fingerprint density at radius 3 is 2.23 bits per heavy atom. The average molecular weight is 417 g/mol. The zero-order valence-electron chi connectivity index (χ0n) is 14.2. The lowest BCUT2D eigenvalue weighted by Crippen LogP contribution is -2.24. The topological polar surface area (TPSA) is 75.7 Å². The van der Waals surface area contributed by atoms with Crippen LogP contribution in [0.2, 0.25) is 10.0 Å². The molecular formula is C17H18Cl2N2O4S. The molecule has 0 aromatic heterocycles. The molecule has 0 radical (unpaired) electrons. The molecule has 2 aromatic carbocycles. The third kappa shape index (κ3) is 6.49. The van der Waals surface area contributed by atoms with Gasteiger partial charge in [-0.1, -0.05) is 35.3 Å². The zero-order chi connectivity index (χ0) is 19.3. The second kappa shape index (κ2) is 8.73. The van der Waals surface area contributed by atoms with Crippen LogP contribution in [0.1, 0.15) is 5.56 Å². The molecule has 9 heteroatoms. The summed E-state index contributed by atoms with van der Waals surface area (Å²) < 4.78 is 29.5. The third-order valence-electron chi connectivity index (χ3n) is 3.41. The van der Waals surface area contributed by atoms with Gasteiger partial charge >= 0.3 is 0 Å². The van der Waals surface area contributed by atoms with Crippen LogP contribution in [0.5, 0.6) is 5.75 Å². The Hall–Kier alpha value is -1.80. The Bertz CT molecular complexity index is 866. The normalized spacial score (nSPS) is 11.4. The van der Waals surface area contributed by atoms with E-state index in [0.29, 0.717) is 21.5 Å². The number of carbonyl (C=O) groups is 1. The van der Waals surface area contributed by atoms with E-state index in [2.05, 4.69) is 5.32 Å². The first kappa shape index (κ1) is 20.5. The summed E-state index contributed by atoms with van der Waals surface area (Å²) in [5.74, 6) is 0.138. The first-order valence-electron chi connectivity index (χ1n) is 7.52. The number of amides is 1. The lowest BCUT2D eigenvalue weighted by atomic mass is 10.2. The van der Waals surface area contributed by atoms with Crippen LogP contribution < -0.4 is 10.1 Å². The zero-order valence-corrected chi connectivity index (χ0v) is 16.5. The lowest BCUT2D eigenvalue weighted by Gasteiger charge is -2.14. The van der Waals surface area contributed by atoms with Crippen molar-refractivity contribution in [3.05, 3.63) is 58.1 Å². The van der Waals surface area contributed by atoms with Crippen LogP contribution in [0, 0.1) is 0 Å². The smallest absolute Gasteiger partial charge is 0.262 e. The number of rotatable bonds is 7. The number of hydrogen-bond acceptors (Lipinski definition) is 4. The van der Waals surface area contributed by atoms with Crippen molar-refractivity contribution in [3.63, 3.8) is 0 Å². The van der Waals surface area contributed by atoms with Crippen molar-refractivity contribution < 1.29 is 17.9 Å². The van der Waals surface area contributed by atoms with Crippen molar-refractivity contribution in [1.82, 2.24) is 4.31 Å². The highest BCUT2D eigenvalue weighted by atomic mass is 35.5. The fourth-order valence-electron chi connectivity index (χ4n) is 2.04. The maximum Gasteiger partial charge on any atom is 0.262 e. The van der Waals surface area contributed by atoms with Gasteiger partial charge in [-0.05, 0) is 35.9 Å². The second-order valence-corrected chi connectivity index (χ2v) is 8.62. The molecule has 1 amide bonds. The van der Waals surface area contributed by atoms with E-state index in [0.717, 1.165) is 11.8 Å². The fraction of sp³-hybridized carbons (Fsp3) is 0.235. The molecule has 26 heavy (non-hydrogen) atoms. The lowest BCUT2D eigenvalue weighted by molar-refractivity contribution is -0.118. The summed E-state index contributed by atoms with van der Waals surface area (Å²) in [6.07, 6.45) is 1.15. The van der Waals surface area contributed by atoms with Gasteiger partial charge in [0.2, 0.25) is 10.0 Å². The molecule has 0 aliphatic carbocycles. The number of nitrogens with one attached hydrogen (secondary N) is 1. The molecule has 0 heterocycles. The fourth-order valence-corrected chi connectivity index (χ4v) is 2.95. The summed E-state index contributed by atoms with van der Waals surface area (Å²) in [5.41, 5.74) is 1.29. The van der Waals surface area contributed by atoms with E-state index in [4.69, 9.17) is 27.9 Å². The highest BCUT2D eigenvalue weighted by Crippen LogP contribution is 2.22. The van der Waals surface area contributed by atoms with Crippen LogP contribution in [0.25, 0.3) is 0 Å². The minimum absolute atomic E-state index is 0.188. The average Bonchev–Trinajstić information content (AvgIpc) is 2.52.